The van der Waals surface area contributed by atoms with Crippen LogP contribution in [-0.2, 0) is 10.0 Å². The maximum atomic E-state index is 13.2. The van der Waals surface area contributed by atoms with E-state index in [1.807, 2.05) is 10.8 Å². The quantitative estimate of drug-likeness (QED) is 0.620. The molecule has 0 spiro atoms. The van der Waals surface area contributed by atoms with Crippen molar-refractivity contribution in [1.29, 1.82) is 0 Å². The summed E-state index contributed by atoms with van der Waals surface area (Å²) >= 11 is 0. The van der Waals surface area contributed by atoms with Crippen molar-refractivity contribution in [3.05, 3.63) is 66.4 Å². The number of aromatic nitrogens is 4. The molecule has 3 aromatic rings. The molecule has 0 amide bonds. The second kappa shape index (κ2) is 8.23. The number of hydrogen-bond acceptors (Lipinski definition) is 5. The van der Waals surface area contributed by atoms with Gasteiger partial charge in [0, 0.05) is 43.5 Å². The number of imidazole rings is 1. The topological polar surface area (TPSA) is 81.0 Å². The van der Waals surface area contributed by atoms with Crippen molar-refractivity contribution in [1.82, 2.24) is 23.8 Å². The maximum absolute atomic E-state index is 13.2. The van der Waals surface area contributed by atoms with Gasteiger partial charge in [-0.25, -0.2) is 22.8 Å². The summed E-state index contributed by atoms with van der Waals surface area (Å²) in [7, 11) is -3.69. The van der Waals surface area contributed by atoms with E-state index in [1.54, 1.807) is 18.6 Å². The fraction of sp³-hybridized carbons (Fsp3) is 0.381. The van der Waals surface area contributed by atoms with Crippen LogP contribution in [0.1, 0.15) is 50.0 Å². The molecule has 0 unspecified atom stereocenters. The van der Waals surface area contributed by atoms with Gasteiger partial charge in [0.05, 0.1) is 16.8 Å². The van der Waals surface area contributed by atoms with E-state index < -0.39 is 15.8 Å². The molecule has 3 heterocycles. The number of piperidine rings is 1. The molecule has 1 atom stereocenters. The van der Waals surface area contributed by atoms with E-state index in [2.05, 4.69) is 23.8 Å². The first-order chi connectivity index (χ1) is 14.4. The van der Waals surface area contributed by atoms with Crippen LogP contribution in [0.4, 0.5) is 4.39 Å². The third kappa shape index (κ3) is 3.99. The largest absolute Gasteiger partial charge is 0.286 e. The van der Waals surface area contributed by atoms with Gasteiger partial charge in [0.15, 0.2) is 5.82 Å². The summed E-state index contributed by atoms with van der Waals surface area (Å²) in [5, 5.41) is 0. The summed E-state index contributed by atoms with van der Waals surface area (Å²) in [6.45, 7) is 4.88. The van der Waals surface area contributed by atoms with Gasteiger partial charge in [-0.2, -0.15) is 4.31 Å². The summed E-state index contributed by atoms with van der Waals surface area (Å²) in [5.74, 6) is 1.28. The minimum Gasteiger partial charge on any atom is -0.286 e. The minimum absolute atomic E-state index is 0.0626. The minimum atomic E-state index is -3.69. The predicted molar refractivity (Wildman–Crippen MR) is 110 cm³/mol. The van der Waals surface area contributed by atoms with E-state index in [-0.39, 0.29) is 16.7 Å². The Balaban J connectivity index is 1.59. The molecule has 0 N–H and O–H groups in total. The Labute approximate surface area is 175 Å². The summed E-state index contributed by atoms with van der Waals surface area (Å²) in [4.78, 5) is 13.6. The highest BCUT2D eigenvalue weighted by atomic mass is 32.2. The molecule has 0 aliphatic carbocycles. The number of sulfonamides is 1. The molecular weight excluding hydrogens is 405 g/mol. The first kappa shape index (κ1) is 20.6. The monoisotopic (exact) mass is 429 g/mol. The van der Waals surface area contributed by atoms with Crippen LogP contribution in [0.3, 0.4) is 0 Å². The maximum Gasteiger partial charge on any atom is 0.243 e. The second-order valence-corrected chi connectivity index (χ2v) is 9.71. The lowest BCUT2D eigenvalue weighted by atomic mass is 9.96. The molecule has 2 aromatic heterocycles. The Morgan fingerprint density at radius 2 is 1.93 bits per heavy atom. The number of benzene rings is 1. The van der Waals surface area contributed by atoms with Crippen molar-refractivity contribution in [2.24, 2.45) is 0 Å². The molecule has 0 radical (unpaired) electrons. The van der Waals surface area contributed by atoms with Crippen LogP contribution in [0, 0.1) is 5.82 Å². The van der Waals surface area contributed by atoms with Crippen molar-refractivity contribution in [2.75, 3.05) is 13.1 Å². The zero-order valence-electron chi connectivity index (χ0n) is 16.9. The van der Waals surface area contributed by atoms with Crippen LogP contribution in [0.5, 0.6) is 0 Å². The van der Waals surface area contributed by atoms with Gasteiger partial charge in [-0.1, -0.05) is 13.8 Å². The molecule has 30 heavy (non-hydrogen) atoms. The van der Waals surface area contributed by atoms with Gasteiger partial charge in [-0.15, -0.1) is 0 Å². The van der Waals surface area contributed by atoms with E-state index in [1.165, 1.54) is 28.6 Å². The lowest BCUT2D eigenvalue weighted by molar-refractivity contribution is 0.312. The molecule has 1 aromatic carbocycles. The highest BCUT2D eigenvalue weighted by Crippen LogP contribution is 2.30. The summed E-state index contributed by atoms with van der Waals surface area (Å²) < 4.78 is 42.6. The standard InChI is InChI=1S/C21H24FN5O2S/c1-15(2)21-24-9-11-27(21)20-13-23-12-19(25-20)16-4-3-10-26(14-16)30(28,29)18-7-5-17(22)6-8-18/h5-9,11-13,15-16H,3-4,10,14H2,1-2H3/t16-/m0/s1. The first-order valence-corrected chi connectivity index (χ1v) is 11.4. The zero-order valence-corrected chi connectivity index (χ0v) is 17.8. The van der Waals surface area contributed by atoms with Crippen molar-refractivity contribution < 1.29 is 12.8 Å². The molecular formula is C21H24FN5O2S. The molecule has 1 aliphatic heterocycles. The molecule has 7 nitrogen and oxygen atoms in total. The number of rotatable bonds is 5. The normalized spacial score (nSPS) is 18.1. The fourth-order valence-corrected chi connectivity index (χ4v) is 5.30. The lowest BCUT2D eigenvalue weighted by Gasteiger charge is -2.31. The van der Waals surface area contributed by atoms with E-state index in [9.17, 15) is 12.8 Å². The number of halogens is 1. The van der Waals surface area contributed by atoms with Crippen LogP contribution in [0.25, 0.3) is 5.82 Å². The van der Waals surface area contributed by atoms with Gasteiger partial charge in [-0.05, 0) is 37.1 Å². The zero-order chi connectivity index (χ0) is 21.3. The van der Waals surface area contributed by atoms with E-state index in [0.29, 0.717) is 18.9 Å². The first-order valence-electron chi connectivity index (χ1n) is 9.97. The van der Waals surface area contributed by atoms with Crippen molar-refractivity contribution in [3.8, 4) is 5.82 Å². The Bertz CT molecular complexity index is 1130. The summed E-state index contributed by atoms with van der Waals surface area (Å²) in [5.41, 5.74) is 0.759. The van der Waals surface area contributed by atoms with Gasteiger partial charge in [0.1, 0.15) is 11.6 Å². The van der Waals surface area contributed by atoms with Gasteiger partial charge < -0.3 is 0 Å². The molecule has 1 aliphatic rings. The van der Waals surface area contributed by atoms with Crippen molar-refractivity contribution in [3.63, 3.8) is 0 Å². The van der Waals surface area contributed by atoms with Crippen LogP contribution < -0.4 is 0 Å². The van der Waals surface area contributed by atoms with E-state index in [4.69, 9.17) is 4.98 Å². The van der Waals surface area contributed by atoms with Gasteiger partial charge in [-0.3, -0.25) is 9.55 Å². The van der Waals surface area contributed by atoms with Gasteiger partial charge in [0.25, 0.3) is 0 Å². The third-order valence-electron chi connectivity index (χ3n) is 5.33. The third-order valence-corrected chi connectivity index (χ3v) is 7.21. The van der Waals surface area contributed by atoms with Crippen LogP contribution in [-0.4, -0.2) is 45.3 Å². The Kier molecular flexibility index (Phi) is 5.66. The fourth-order valence-electron chi connectivity index (χ4n) is 3.78. The Hall–Kier alpha value is -2.65. The Morgan fingerprint density at radius 3 is 2.67 bits per heavy atom. The highest BCUT2D eigenvalue weighted by Gasteiger charge is 2.31. The lowest BCUT2D eigenvalue weighted by Crippen LogP contribution is -2.39. The summed E-state index contributed by atoms with van der Waals surface area (Å²) in [6, 6.07) is 4.95. The van der Waals surface area contributed by atoms with Gasteiger partial charge in [0.2, 0.25) is 10.0 Å². The summed E-state index contributed by atoms with van der Waals surface area (Å²) in [6.07, 6.45) is 8.53. The smallest absolute Gasteiger partial charge is 0.243 e. The molecule has 158 valence electrons. The van der Waals surface area contributed by atoms with Crippen molar-refractivity contribution >= 4 is 10.0 Å². The SMILES string of the molecule is CC(C)c1nccn1-c1cncc([C@H]2CCCN(S(=O)(=O)c3ccc(F)cc3)C2)n1. The molecule has 4 rings (SSSR count). The van der Waals surface area contributed by atoms with Crippen LogP contribution >= 0.6 is 0 Å². The van der Waals surface area contributed by atoms with Crippen LogP contribution in [0.15, 0.2) is 53.9 Å². The van der Waals surface area contributed by atoms with Crippen molar-refractivity contribution in [2.45, 2.75) is 43.4 Å². The predicted octanol–water partition coefficient (Wildman–Crippen LogP) is 3.49. The average Bonchev–Trinajstić information content (AvgIpc) is 3.25. The number of nitrogens with zero attached hydrogens (tertiary/aromatic N) is 5. The van der Waals surface area contributed by atoms with E-state index >= 15 is 0 Å². The highest BCUT2D eigenvalue weighted by molar-refractivity contribution is 7.89. The average molecular weight is 430 g/mol. The van der Waals surface area contributed by atoms with E-state index in [0.717, 1.165) is 24.4 Å². The van der Waals surface area contributed by atoms with Crippen LogP contribution in [0.2, 0.25) is 0 Å². The Morgan fingerprint density at radius 1 is 1.17 bits per heavy atom. The molecule has 1 saturated heterocycles. The number of hydrogen-bond donors (Lipinski definition) is 0. The molecule has 1 fully saturated rings. The molecule has 0 bridgehead atoms. The second-order valence-electron chi connectivity index (χ2n) is 7.77. The van der Waals surface area contributed by atoms with Gasteiger partial charge >= 0.3 is 0 Å². The molecule has 9 heteroatoms. The molecule has 0 saturated carbocycles.